The number of carbonyl (C=O) groups excluding carboxylic acids is 2. The molecule has 1 rings (SSSR count). The molecular weight excluding hydrogens is 274 g/mol. The van der Waals surface area contributed by atoms with Crippen LogP contribution in [0.2, 0.25) is 0 Å². The molecule has 0 radical (unpaired) electrons. The van der Waals surface area contributed by atoms with E-state index in [1.54, 1.807) is 39.8 Å². The van der Waals surface area contributed by atoms with Crippen molar-refractivity contribution in [1.82, 2.24) is 5.32 Å². The van der Waals surface area contributed by atoms with Crippen molar-refractivity contribution in [3.63, 3.8) is 0 Å². The van der Waals surface area contributed by atoms with Crippen molar-refractivity contribution in [2.45, 2.75) is 39.3 Å². The molecule has 0 aliphatic carbocycles. The van der Waals surface area contributed by atoms with Crippen LogP contribution in [0.1, 0.15) is 39.3 Å². The van der Waals surface area contributed by atoms with Crippen LogP contribution in [0.25, 0.3) is 0 Å². The Labute approximate surface area is 124 Å². The first kappa shape index (κ1) is 16.8. The molecule has 0 aliphatic heterocycles. The Kier molecular flexibility index (Phi) is 5.58. The van der Waals surface area contributed by atoms with Crippen molar-refractivity contribution in [3.05, 3.63) is 29.8 Å². The number of hydrogen-bond donors (Lipinski definition) is 2. The van der Waals surface area contributed by atoms with Gasteiger partial charge in [0.15, 0.2) is 6.04 Å². The number of esters is 1. The fourth-order valence-electron chi connectivity index (χ4n) is 1.63. The van der Waals surface area contributed by atoms with Gasteiger partial charge in [0.25, 0.3) is 0 Å². The number of hydrogen-bond acceptors (Lipinski definition) is 5. The molecule has 0 saturated heterocycles. The van der Waals surface area contributed by atoms with E-state index in [9.17, 15) is 14.7 Å². The number of amides is 1. The molecule has 0 aliphatic rings. The maximum Gasteiger partial charge on any atom is 0.408 e. The van der Waals surface area contributed by atoms with Crippen LogP contribution in [0.5, 0.6) is 5.75 Å². The molecule has 1 aromatic rings. The second-order valence-corrected chi connectivity index (χ2v) is 5.43. The Bertz CT molecular complexity index is 507. The van der Waals surface area contributed by atoms with E-state index in [4.69, 9.17) is 9.47 Å². The molecule has 1 unspecified atom stereocenters. The van der Waals surface area contributed by atoms with Gasteiger partial charge in [-0.25, -0.2) is 9.59 Å². The zero-order chi connectivity index (χ0) is 16.0. The number of phenols is 1. The van der Waals surface area contributed by atoms with Gasteiger partial charge in [-0.1, -0.05) is 12.1 Å². The summed E-state index contributed by atoms with van der Waals surface area (Å²) in [6.07, 6.45) is -0.733. The van der Waals surface area contributed by atoms with Crippen LogP contribution in [-0.2, 0) is 14.3 Å². The van der Waals surface area contributed by atoms with Crippen molar-refractivity contribution in [2.75, 3.05) is 6.61 Å². The molecular formula is C15H21NO5. The Morgan fingerprint density at radius 2 is 2.00 bits per heavy atom. The van der Waals surface area contributed by atoms with Crippen LogP contribution < -0.4 is 5.32 Å². The van der Waals surface area contributed by atoms with E-state index in [1.807, 2.05) is 0 Å². The topological polar surface area (TPSA) is 84.9 Å². The zero-order valence-electron chi connectivity index (χ0n) is 12.7. The average molecular weight is 295 g/mol. The maximum atomic E-state index is 12.0. The molecule has 0 saturated carbocycles. The molecule has 0 spiro atoms. The summed E-state index contributed by atoms with van der Waals surface area (Å²) in [7, 11) is 0. The number of alkyl carbamates (subject to hydrolysis) is 1. The van der Waals surface area contributed by atoms with Crippen LogP contribution in [0.3, 0.4) is 0 Å². The van der Waals surface area contributed by atoms with E-state index >= 15 is 0 Å². The van der Waals surface area contributed by atoms with E-state index in [1.165, 1.54) is 12.1 Å². The second-order valence-electron chi connectivity index (χ2n) is 5.43. The lowest BCUT2D eigenvalue weighted by Gasteiger charge is -2.23. The van der Waals surface area contributed by atoms with Gasteiger partial charge >= 0.3 is 12.1 Å². The number of aromatic hydroxyl groups is 1. The highest BCUT2D eigenvalue weighted by Crippen LogP contribution is 2.20. The Morgan fingerprint density at radius 1 is 1.33 bits per heavy atom. The molecule has 1 atom stereocenters. The highest BCUT2D eigenvalue weighted by Gasteiger charge is 2.27. The summed E-state index contributed by atoms with van der Waals surface area (Å²) in [6, 6.07) is 5.01. The number of ether oxygens (including phenoxy) is 2. The van der Waals surface area contributed by atoms with E-state index in [-0.39, 0.29) is 12.4 Å². The van der Waals surface area contributed by atoms with E-state index in [2.05, 4.69) is 5.32 Å². The smallest absolute Gasteiger partial charge is 0.408 e. The van der Waals surface area contributed by atoms with Crippen LogP contribution in [0.15, 0.2) is 24.3 Å². The summed E-state index contributed by atoms with van der Waals surface area (Å²) in [5.41, 5.74) is -0.262. The average Bonchev–Trinajstić information content (AvgIpc) is 2.34. The molecule has 0 aromatic heterocycles. The van der Waals surface area contributed by atoms with Gasteiger partial charge in [-0.2, -0.15) is 0 Å². The lowest BCUT2D eigenvalue weighted by Crippen LogP contribution is -2.38. The van der Waals surface area contributed by atoms with Gasteiger partial charge in [-0.3, -0.25) is 0 Å². The molecule has 6 heteroatoms. The first-order chi connectivity index (χ1) is 9.73. The van der Waals surface area contributed by atoms with Crippen LogP contribution in [-0.4, -0.2) is 29.4 Å². The summed E-state index contributed by atoms with van der Waals surface area (Å²) >= 11 is 0. The third-order valence-corrected chi connectivity index (χ3v) is 2.39. The first-order valence-corrected chi connectivity index (χ1v) is 6.68. The quantitative estimate of drug-likeness (QED) is 0.834. The Hall–Kier alpha value is -2.24. The molecule has 0 heterocycles. The number of carbonyl (C=O) groups is 2. The third-order valence-electron chi connectivity index (χ3n) is 2.39. The molecule has 2 N–H and O–H groups in total. The molecule has 116 valence electrons. The van der Waals surface area contributed by atoms with Gasteiger partial charge in [0.1, 0.15) is 11.4 Å². The van der Waals surface area contributed by atoms with Crippen LogP contribution >= 0.6 is 0 Å². The minimum absolute atomic E-state index is 0.00668. The summed E-state index contributed by atoms with van der Waals surface area (Å²) in [6.45, 7) is 7.02. The minimum atomic E-state index is -1.04. The fourth-order valence-corrected chi connectivity index (χ4v) is 1.63. The predicted octanol–water partition coefficient (Wildman–Crippen LogP) is 2.52. The summed E-state index contributed by atoms with van der Waals surface area (Å²) in [4.78, 5) is 23.8. The van der Waals surface area contributed by atoms with Gasteiger partial charge in [-0.15, -0.1) is 0 Å². The molecule has 21 heavy (non-hydrogen) atoms. The Morgan fingerprint density at radius 3 is 2.52 bits per heavy atom. The van der Waals surface area contributed by atoms with Crippen molar-refractivity contribution < 1.29 is 24.2 Å². The van der Waals surface area contributed by atoms with Crippen molar-refractivity contribution in [2.24, 2.45) is 0 Å². The highest BCUT2D eigenvalue weighted by molar-refractivity contribution is 5.83. The standard InChI is InChI=1S/C15H21NO5/c1-5-20-13(18)12(10-7-6-8-11(17)9-10)16-14(19)21-15(2,3)4/h6-9,12,17H,5H2,1-4H3,(H,16,19). The molecule has 6 nitrogen and oxygen atoms in total. The van der Waals surface area contributed by atoms with Crippen LogP contribution in [0.4, 0.5) is 4.79 Å². The van der Waals surface area contributed by atoms with Gasteiger partial charge in [0.05, 0.1) is 6.61 Å². The summed E-state index contributed by atoms with van der Waals surface area (Å²) < 4.78 is 10.1. The molecule has 0 bridgehead atoms. The first-order valence-electron chi connectivity index (χ1n) is 6.68. The Balaban J connectivity index is 2.93. The van der Waals surface area contributed by atoms with Gasteiger partial charge in [0, 0.05) is 0 Å². The lowest BCUT2D eigenvalue weighted by atomic mass is 10.1. The largest absolute Gasteiger partial charge is 0.508 e. The highest BCUT2D eigenvalue weighted by atomic mass is 16.6. The summed E-state index contributed by atoms with van der Waals surface area (Å²) in [5.74, 6) is -0.623. The van der Waals surface area contributed by atoms with Gasteiger partial charge in [0.2, 0.25) is 0 Å². The van der Waals surface area contributed by atoms with Crippen molar-refractivity contribution in [3.8, 4) is 5.75 Å². The number of rotatable bonds is 4. The van der Waals surface area contributed by atoms with Gasteiger partial charge < -0.3 is 19.9 Å². The fraction of sp³-hybridized carbons (Fsp3) is 0.467. The van der Waals surface area contributed by atoms with Crippen LogP contribution in [0, 0.1) is 0 Å². The van der Waals surface area contributed by atoms with Gasteiger partial charge in [-0.05, 0) is 45.4 Å². The predicted molar refractivity (Wildman–Crippen MR) is 76.9 cm³/mol. The normalized spacial score (nSPS) is 12.4. The lowest BCUT2D eigenvalue weighted by molar-refractivity contribution is -0.145. The number of benzene rings is 1. The number of phenolic OH excluding ortho intramolecular Hbond substituents is 1. The molecule has 1 aromatic carbocycles. The minimum Gasteiger partial charge on any atom is -0.508 e. The maximum absolute atomic E-state index is 12.0. The zero-order valence-corrected chi connectivity index (χ0v) is 12.7. The number of nitrogens with one attached hydrogen (secondary N) is 1. The molecule has 0 fully saturated rings. The van der Waals surface area contributed by atoms with E-state index < -0.39 is 23.7 Å². The van der Waals surface area contributed by atoms with E-state index in [0.29, 0.717) is 5.56 Å². The second kappa shape index (κ2) is 6.97. The van der Waals surface area contributed by atoms with Crippen molar-refractivity contribution in [1.29, 1.82) is 0 Å². The van der Waals surface area contributed by atoms with Crippen molar-refractivity contribution >= 4 is 12.1 Å². The monoisotopic (exact) mass is 295 g/mol. The van der Waals surface area contributed by atoms with E-state index in [0.717, 1.165) is 0 Å². The molecule has 1 amide bonds. The SMILES string of the molecule is CCOC(=O)C(NC(=O)OC(C)(C)C)c1cccc(O)c1. The summed E-state index contributed by atoms with van der Waals surface area (Å²) in [5, 5.41) is 12.0. The third kappa shape index (κ3) is 5.72.